The van der Waals surface area contributed by atoms with Gasteiger partial charge < -0.3 is 33.7 Å². The van der Waals surface area contributed by atoms with Crippen molar-refractivity contribution >= 4 is 29.6 Å². The minimum Gasteiger partial charge on any atom is -0.508 e. The summed E-state index contributed by atoms with van der Waals surface area (Å²) < 4.78 is 29.0. The molecule has 0 aliphatic carbocycles. The van der Waals surface area contributed by atoms with Gasteiger partial charge in [-0.15, -0.1) is 0 Å². The minimum absolute atomic E-state index is 0.0323. The Bertz CT molecular complexity index is 3090. The molecule has 0 bridgehead atoms. The molecule has 6 aromatic carbocycles. The van der Waals surface area contributed by atoms with Crippen molar-refractivity contribution in [3.8, 4) is 29.1 Å². The second-order valence-electron chi connectivity index (χ2n) is 18.8. The van der Waals surface area contributed by atoms with E-state index in [0.29, 0.717) is 53.3 Å². The lowest BCUT2D eigenvalue weighted by molar-refractivity contribution is -0.179. The maximum Gasteiger partial charge on any atom is 0.421 e. The first kappa shape index (κ1) is 48.7. The molecule has 6 aromatic rings. The van der Waals surface area contributed by atoms with Crippen molar-refractivity contribution in [2.45, 2.75) is 49.2 Å². The molecule has 4 aliphatic heterocycles. The number of imide groups is 1. The molecule has 4 aliphatic rings. The Hall–Kier alpha value is -7.96. The lowest BCUT2D eigenvalue weighted by Gasteiger charge is -2.46. The standard InChI is InChI=1S/C59H56N4O10/c1-60(36-39-15-8-5-9-16-39)29-14-17-38-22-27-47-46(33-38)59(57(67)62(47)58(68)72-32-31-69-2)50(55(65)61-30-28-43-34-48(70-3)49(71-4)35-44(43)37-61)52-56(66)73-53(41-20-12-7-13-21-41)51(40-18-10-6-11-19-40)63(52)54(59)42-23-25-45(64)26-24-42/h5-13,15-16,18-27,33-35,50-54,64H,28-32,36-37H2,1-4H3. The number of rotatable bonds is 12. The quantitative estimate of drug-likeness (QED) is 0.0722. The molecule has 0 aromatic heterocycles. The first-order valence-corrected chi connectivity index (χ1v) is 24.3. The highest BCUT2D eigenvalue weighted by molar-refractivity contribution is 6.23. The number of anilines is 1. The van der Waals surface area contributed by atoms with Crippen LogP contribution in [0.5, 0.6) is 17.2 Å². The van der Waals surface area contributed by atoms with Crippen molar-refractivity contribution in [2.75, 3.05) is 59.6 Å². The zero-order valence-electron chi connectivity index (χ0n) is 41.1. The Balaban J connectivity index is 1.22. The molecule has 14 nitrogen and oxygen atoms in total. The highest BCUT2D eigenvalue weighted by atomic mass is 16.6. The third kappa shape index (κ3) is 8.83. The fraction of sp³-hybridized carbons (Fsp3) is 0.288. The van der Waals surface area contributed by atoms with Gasteiger partial charge in [-0.05, 0) is 94.9 Å². The Morgan fingerprint density at radius 1 is 0.767 bits per heavy atom. The number of amides is 3. The van der Waals surface area contributed by atoms with E-state index in [1.54, 1.807) is 49.5 Å². The van der Waals surface area contributed by atoms with E-state index >= 15 is 14.4 Å². The van der Waals surface area contributed by atoms with Crippen molar-refractivity contribution in [1.82, 2.24) is 14.7 Å². The Kier molecular flexibility index (Phi) is 13.8. The number of carbonyl (C=O) groups excluding carboxylic acids is 4. The molecular formula is C59H56N4O10. The number of nitrogens with zero attached hydrogens (tertiary/aromatic N) is 4. The van der Waals surface area contributed by atoms with Gasteiger partial charge in [0, 0.05) is 32.3 Å². The van der Waals surface area contributed by atoms with Crippen LogP contribution in [-0.4, -0.2) is 104 Å². The van der Waals surface area contributed by atoms with Crippen molar-refractivity contribution in [1.29, 1.82) is 0 Å². The summed E-state index contributed by atoms with van der Waals surface area (Å²) >= 11 is 0. The van der Waals surface area contributed by atoms with Crippen LogP contribution in [0.25, 0.3) is 0 Å². The number of benzene rings is 6. The Morgan fingerprint density at radius 2 is 1.42 bits per heavy atom. The number of hydrogen-bond donors (Lipinski definition) is 1. The SMILES string of the molecule is COCCOC(=O)N1C(=O)C2(c3cc(C#CCN(C)Cc4ccccc4)ccc31)C(C(=O)N1CCc3cc(OC)c(OC)cc3C1)C1C(=O)OC(c3ccccc3)C(c3ccccc3)N1C2c1ccc(O)cc1. The second kappa shape index (κ2) is 20.6. The van der Waals surface area contributed by atoms with E-state index in [0.717, 1.165) is 27.2 Å². The maximum absolute atomic E-state index is 16.6. The molecular weight excluding hydrogens is 925 g/mol. The molecule has 1 spiro atoms. The largest absolute Gasteiger partial charge is 0.508 e. The highest BCUT2D eigenvalue weighted by Crippen LogP contribution is 2.66. The van der Waals surface area contributed by atoms with Crippen LogP contribution in [0.2, 0.25) is 0 Å². The van der Waals surface area contributed by atoms with Crippen molar-refractivity contribution in [3.63, 3.8) is 0 Å². The number of phenols is 1. The van der Waals surface area contributed by atoms with Gasteiger partial charge in [0.15, 0.2) is 11.5 Å². The summed E-state index contributed by atoms with van der Waals surface area (Å²) in [6.07, 6.45) is -1.46. The number of hydrogen-bond acceptors (Lipinski definition) is 12. The predicted molar refractivity (Wildman–Crippen MR) is 272 cm³/mol. The van der Waals surface area contributed by atoms with Gasteiger partial charge in [-0.3, -0.25) is 24.2 Å². The van der Waals surface area contributed by atoms with Crippen LogP contribution in [-0.2, 0) is 53.5 Å². The summed E-state index contributed by atoms with van der Waals surface area (Å²) in [5.74, 6) is 4.17. The van der Waals surface area contributed by atoms with Crippen LogP contribution in [0.1, 0.15) is 62.7 Å². The summed E-state index contributed by atoms with van der Waals surface area (Å²) in [7, 11) is 6.58. The molecule has 10 rings (SSSR count). The van der Waals surface area contributed by atoms with Crippen LogP contribution in [0.3, 0.4) is 0 Å². The summed E-state index contributed by atoms with van der Waals surface area (Å²) in [6.45, 7) is 1.32. The number of fused-ring (bicyclic) bond motifs is 4. The normalized spacial score (nSPS) is 22.0. The van der Waals surface area contributed by atoms with Crippen LogP contribution in [0.15, 0.2) is 146 Å². The molecule has 2 fully saturated rings. The number of cyclic esters (lactones) is 1. The molecule has 6 atom stereocenters. The first-order chi connectivity index (χ1) is 35.6. The van der Waals surface area contributed by atoms with Crippen LogP contribution < -0.4 is 14.4 Å². The summed E-state index contributed by atoms with van der Waals surface area (Å²) in [5.41, 5.74) is 3.86. The number of aromatic hydroxyl groups is 1. The lowest BCUT2D eigenvalue weighted by atomic mass is 9.64. The lowest BCUT2D eigenvalue weighted by Crippen LogP contribution is -2.57. The van der Waals surface area contributed by atoms with Gasteiger partial charge in [-0.25, -0.2) is 9.69 Å². The zero-order chi connectivity index (χ0) is 50.8. The Labute approximate surface area is 424 Å². The smallest absolute Gasteiger partial charge is 0.421 e. The highest BCUT2D eigenvalue weighted by Gasteiger charge is 2.76. The molecule has 73 heavy (non-hydrogen) atoms. The van der Waals surface area contributed by atoms with Crippen LogP contribution in [0, 0.1) is 17.8 Å². The zero-order valence-corrected chi connectivity index (χ0v) is 41.1. The molecule has 6 unspecified atom stereocenters. The fourth-order valence-electron chi connectivity index (χ4n) is 11.4. The second-order valence-corrected chi connectivity index (χ2v) is 18.8. The first-order valence-electron chi connectivity index (χ1n) is 24.3. The average molecular weight is 981 g/mol. The molecule has 1 N–H and O–H groups in total. The van der Waals surface area contributed by atoms with Crippen molar-refractivity contribution in [3.05, 3.63) is 190 Å². The van der Waals surface area contributed by atoms with Gasteiger partial charge >= 0.3 is 12.1 Å². The van der Waals surface area contributed by atoms with E-state index in [2.05, 4.69) is 28.9 Å². The minimum atomic E-state index is -2.04. The van der Waals surface area contributed by atoms with Gasteiger partial charge in [-0.1, -0.05) is 115 Å². The van der Waals surface area contributed by atoms with Crippen molar-refractivity contribution in [2.24, 2.45) is 5.92 Å². The van der Waals surface area contributed by atoms with Crippen molar-refractivity contribution < 1.29 is 48.0 Å². The molecule has 2 saturated heterocycles. The fourth-order valence-corrected chi connectivity index (χ4v) is 11.4. The van der Waals surface area contributed by atoms with Gasteiger partial charge in [0.1, 0.15) is 29.9 Å². The van der Waals surface area contributed by atoms with Gasteiger partial charge in [0.25, 0.3) is 0 Å². The molecule has 14 heteroatoms. The number of esters is 1. The number of ether oxygens (including phenoxy) is 5. The van der Waals surface area contributed by atoms with E-state index < -0.39 is 59.4 Å². The summed E-state index contributed by atoms with van der Waals surface area (Å²) in [6, 6.07) is 41.2. The molecule has 3 amide bonds. The van der Waals surface area contributed by atoms with Gasteiger partial charge in [0.05, 0.1) is 51.1 Å². The van der Waals surface area contributed by atoms with E-state index in [4.69, 9.17) is 23.7 Å². The van der Waals surface area contributed by atoms with E-state index in [1.807, 2.05) is 103 Å². The maximum atomic E-state index is 16.6. The summed E-state index contributed by atoms with van der Waals surface area (Å²) in [4.78, 5) is 70.1. The predicted octanol–water partition coefficient (Wildman–Crippen LogP) is 7.93. The molecule has 4 heterocycles. The number of phenolic OH excluding ortho intramolecular Hbond substituents is 1. The van der Waals surface area contributed by atoms with Gasteiger partial charge in [0.2, 0.25) is 11.8 Å². The monoisotopic (exact) mass is 980 g/mol. The summed E-state index contributed by atoms with van der Waals surface area (Å²) in [5, 5.41) is 10.8. The van der Waals surface area contributed by atoms with E-state index in [-0.39, 0.29) is 37.7 Å². The van der Waals surface area contributed by atoms with Crippen LogP contribution in [0.4, 0.5) is 10.5 Å². The Morgan fingerprint density at radius 3 is 2.10 bits per heavy atom. The molecule has 372 valence electrons. The van der Waals surface area contributed by atoms with Gasteiger partial charge in [-0.2, -0.15) is 0 Å². The topological polar surface area (TPSA) is 148 Å². The average Bonchev–Trinajstić information content (AvgIpc) is 3.87. The van der Waals surface area contributed by atoms with E-state index in [9.17, 15) is 9.90 Å². The number of methoxy groups -OCH3 is 3. The van der Waals surface area contributed by atoms with E-state index in [1.165, 1.54) is 19.2 Å². The number of morpholine rings is 1. The third-order valence-corrected chi connectivity index (χ3v) is 14.5. The van der Waals surface area contributed by atoms with Crippen LogP contribution >= 0.6 is 0 Å². The number of carbonyl (C=O) groups is 4. The third-order valence-electron chi connectivity index (χ3n) is 14.5. The molecule has 0 radical (unpaired) electrons. The molecule has 0 saturated carbocycles.